The summed E-state index contributed by atoms with van der Waals surface area (Å²) in [5.74, 6) is 0.538. The monoisotopic (exact) mass is 140 g/mol. The van der Waals surface area contributed by atoms with E-state index in [-0.39, 0.29) is 0 Å². The van der Waals surface area contributed by atoms with Crippen molar-refractivity contribution in [2.45, 2.75) is 13.8 Å². The first-order valence-corrected chi connectivity index (χ1v) is 3.51. The molecule has 0 aromatic rings. The van der Waals surface area contributed by atoms with Crippen LogP contribution in [0.4, 0.5) is 0 Å². The lowest BCUT2D eigenvalue weighted by molar-refractivity contribution is 0.795. The minimum Gasteiger partial charge on any atom is -0.394 e. The van der Waals surface area contributed by atoms with Crippen molar-refractivity contribution in [3.63, 3.8) is 0 Å². The molecule has 0 aromatic carbocycles. The Labute approximate surface area is 63.0 Å². The van der Waals surface area contributed by atoms with Crippen LogP contribution < -0.4 is 5.32 Å². The van der Waals surface area contributed by atoms with Crippen LogP contribution in [0.5, 0.6) is 0 Å². The van der Waals surface area contributed by atoms with Crippen LogP contribution in [-0.4, -0.2) is 20.3 Å². The molecular formula is C8H16N2. The first kappa shape index (κ1) is 9.21. The van der Waals surface area contributed by atoms with E-state index in [9.17, 15) is 0 Å². The quantitative estimate of drug-likeness (QED) is 0.589. The normalized spacial score (nSPS) is 13.1. The third kappa shape index (κ3) is 3.28. The van der Waals surface area contributed by atoms with Crippen LogP contribution in [-0.2, 0) is 0 Å². The SMILES string of the molecule is CN=C/C(=C\NC)C(C)C. The van der Waals surface area contributed by atoms with Crippen molar-refractivity contribution >= 4 is 6.21 Å². The first-order valence-electron chi connectivity index (χ1n) is 3.51. The number of hydrogen-bond acceptors (Lipinski definition) is 2. The molecule has 0 aliphatic carbocycles. The van der Waals surface area contributed by atoms with Gasteiger partial charge >= 0.3 is 0 Å². The lowest BCUT2D eigenvalue weighted by Crippen LogP contribution is -2.02. The second-order valence-corrected chi connectivity index (χ2v) is 2.48. The van der Waals surface area contributed by atoms with Crippen molar-refractivity contribution in [1.82, 2.24) is 5.32 Å². The van der Waals surface area contributed by atoms with Gasteiger partial charge in [-0.05, 0) is 11.5 Å². The molecular weight excluding hydrogens is 124 g/mol. The molecule has 0 heterocycles. The summed E-state index contributed by atoms with van der Waals surface area (Å²) in [6.07, 6.45) is 3.85. The standard InChI is InChI=1S/C8H16N2/c1-7(2)8(5-9-3)6-10-4/h5-7,9H,1-4H3/b8-5+,10-6?. The lowest BCUT2D eigenvalue weighted by atomic mass is 10.1. The van der Waals surface area contributed by atoms with Gasteiger partial charge in [0.25, 0.3) is 0 Å². The number of hydrogen-bond donors (Lipinski definition) is 1. The number of aliphatic imine (C=N–C) groups is 1. The topological polar surface area (TPSA) is 24.4 Å². The van der Waals surface area contributed by atoms with E-state index in [1.165, 1.54) is 5.57 Å². The molecule has 58 valence electrons. The minimum atomic E-state index is 0.538. The largest absolute Gasteiger partial charge is 0.394 e. The highest BCUT2D eigenvalue weighted by atomic mass is 14.8. The molecule has 0 aliphatic rings. The molecule has 0 saturated heterocycles. The highest BCUT2D eigenvalue weighted by Crippen LogP contribution is 2.04. The van der Waals surface area contributed by atoms with Crippen molar-refractivity contribution in [1.29, 1.82) is 0 Å². The molecule has 0 bridgehead atoms. The Bertz CT molecular complexity index is 134. The molecule has 0 atom stereocenters. The Morgan fingerprint density at radius 1 is 1.50 bits per heavy atom. The van der Waals surface area contributed by atoms with E-state index >= 15 is 0 Å². The minimum absolute atomic E-state index is 0.538. The second kappa shape index (κ2) is 5.03. The molecule has 0 fully saturated rings. The number of rotatable bonds is 3. The summed E-state index contributed by atoms with van der Waals surface area (Å²) in [7, 11) is 3.68. The molecule has 2 heteroatoms. The Kier molecular flexibility index (Phi) is 4.63. The van der Waals surface area contributed by atoms with E-state index in [1.807, 2.05) is 19.5 Å². The van der Waals surface area contributed by atoms with Gasteiger partial charge in [0.05, 0.1) is 0 Å². The van der Waals surface area contributed by atoms with Gasteiger partial charge in [0.2, 0.25) is 0 Å². The van der Waals surface area contributed by atoms with Gasteiger partial charge < -0.3 is 5.32 Å². The molecule has 0 radical (unpaired) electrons. The van der Waals surface area contributed by atoms with Crippen LogP contribution >= 0.6 is 0 Å². The van der Waals surface area contributed by atoms with Crippen molar-refractivity contribution in [2.24, 2.45) is 10.9 Å². The third-order valence-corrected chi connectivity index (χ3v) is 1.26. The summed E-state index contributed by atoms with van der Waals surface area (Å²) in [6, 6.07) is 0. The molecule has 1 N–H and O–H groups in total. The molecule has 0 spiro atoms. The predicted octanol–water partition coefficient (Wildman–Crippen LogP) is 1.45. The summed E-state index contributed by atoms with van der Waals surface area (Å²) in [6.45, 7) is 4.29. The van der Waals surface area contributed by atoms with Gasteiger partial charge in [-0.2, -0.15) is 0 Å². The Morgan fingerprint density at radius 2 is 2.10 bits per heavy atom. The molecule has 0 saturated carbocycles. The molecule has 0 amide bonds. The van der Waals surface area contributed by atoms with Gasteiger partial charge in [-0.1, -0.05) is 13.8 Å². The Balaban J connectivity index is 4.11. The van der Waals surface area contributed by atoms with Gasteiger partial charge in [-0.25, -0.2) is 0 Å². The van der Waals surface area contributed by atoms with Crippen LogP contribution in [0.2, 0.25) is 0 Å². The fourth-order valence-electron chi connectivity index (χ4n) is 0.669. The molecule has 0 rings (SSSR count). The van der Waals surface area contributed by atoms with Crippen molar-refractivity contribution in [2.75, 3.05) is 14.1 Å². The summed E-state index contributed by atoms with van der Waals surface area (Å²) >= 11 is 0. The lowest BCUT2D eigenvalue weighted by Gasteiger charge is -2.03. The van der Waals surface area contributed by atoms with Crippen molar-refractivity contribution in [3.05, 3.63) is 11.8 Å². The summed E-state index contributed by atoms with van der Waals surface area (Å²) in [4.78, 5) is 3.94. The smallest absolute Gasteiger partial charge is 0.0277 e. The zero-order chi connectivity index (χ0) is 7.98. The third-order valence-electron chi connectivity index (χ3n) is 1.26. The van der Waals surface area contributed by atoms with E-state index in [0.717, 1.165) is 0 Å². The predicted molar refractivity (Wildman–Crippen MR) is 46.4 cm³/mol. The van der Waals surface area contributed by atoms with Gasteiger partial charge in [0.15, 0.2) is 0 Å². The maximum absolute atomic E-state index is 3.94. The second-order valence-electron chi connectivity index (χ2n) is 2.48. The van der Waals surface area contributed by atoms with Crippen LogP contribution in [0.15, 0.2) is 16.8 Å². The van der Waals surface area contributed by atoms with E-state index in [2.05, 4.69) is 24.2 Å². The summed E-state index contributed by atoms with van der Waals surface area (Å²) < 4.78 is 0. The maximum Gasteiger partial charge on any atom is 0.0277 e. The molecule has 10 heavy (non-hydrogen) atoms. The first-order chi connectivity index (χ1) is 4.72. The molecule has 0 aliphatic heterocycles. The summed E-state index contributed by atoms with van der Waals surface area (Å²) in [5.41, 5.74) is 1.23. The van der Waals surface area contributed by atoms with E-state index in [0.29, 0.717) is 5.92 Å². The Hall–Kier alpha value is -0.790. The summed E-state index contributed by atoms with van der Waals surface area (Å²) in [5, 5.41) is 2.98. The number of nitrogens with zero attached hydrogens (tertiary/aromatic N) is 1. The van der Waals surface area contributed by atoms with Crippen molar-refractivity contribution in [3.8, 4) is 0 Å². The average molecular weight is 140 g/mol. The fraction of sp³-hybridized carbons (Fsp3) is 0.625. The van der Waals surface area contributed by atoms with Gasteiger partial charge in [-0.3, -0.25) is 4.99 Å². The number of allylic oxidation sites excluding steroid dienone is 1. The van der Waals surface area contributed by atoms with E-state index in [4.69, 9.17) is 0 Å². The fourth-order valence-corrected chi connectivity index (χ4v) is 0.669. The van der Waals surface area contributed by atoms with Crippen LogP contribution in [0.25, 0.3) is 0 Å². The van der Waals surface area contributed by atoms with Crippen LogP contribution in [0.1, 0.15) is 13.8 Å². The number of nitrogens with one attached hydrogen (secondary N) is 1. The molecule has 2 nitrogen and oxygen atoms in total. The van der Waals surface area contributed by atoms with Gasteiger partial charge in [0.1, 0.15) is 0 Å². The maximum atomic E-state index is 3.94. The van der Waals surface area contributed by atoms with Crippen molar-refractivity contribution < 1.29 is 0 Å². The Morgan fingerprint density at radius 3 is 2.40 bits per heavy atom. The molecule has 0 aromatic heterocycles. The molecule has 0 unspecified atom stereocenters. The van der Waals surface area contributed by atoms with E-state index in [1.54, 1.807) is 7.05 Å². The van der Waals surface area contributed by atoms with Gasteiger partial charge in [-0.15, -0.1) is 0 Å². The zero-order valence-corrected chi connectivity index (χ0v) is 7.18. The van der Waals surface area contributed by atoms with Crippen LogP contribution in [0.3, 0.4) is 0 Å². The van der Waals surface area contributed by atoms with Crippen LogP contribution in [0, 0.1) is 5.92 Å². The van der Waals surface area contributed by atoms with E-state index < -0.39 is 0 Å². The highest BCUT2D eigenvalue weighted by Gasteiger charge is 1.96. The zero-order valence-electron chi connectivity index (χ0n) is 7.18. The van der Waals surface area contributed by atoms with Gasteiger partial charge in [0, 0.05) is 26.5 Å². The highest BCUT2D eigenvalue weighted by molar-refractivity contribution is 5.78. The average Bonchev–Trinajstić information content (AvgIpc) is 1.87.